The van der Waals surface area contributed by atoms with E-state index >= 15 is 0 Å². The average molecular weight is 464 g/mol. The van der Waals surface area contributed by atoms with E-state index in [2.05, 4.69) is 28.3 Å². The zero-order valence-electron chi connectivity index (χ0n) is 19.3. The number of para-hydroxylation sites is 1. The van der Waals surface area contributed by atoms with Gasteiger partial charge in [-0.3, -0.25) is 4.79 Å². The average Bonchev–Trinajstić information content (AvgIpc) is 3.44. The highest BCUT2D eigenvalue weighted by Crippen LogP contribution is 2.42. The van der Waals surface area contributed by atoms with Gasteiger partial charge in [-0.15, -0.1) is 0 Å². The topological polar surface area (TPSA) is 58.8 Å². The van der Waals surface area contributed by atoms with Gasteiger partial charge in [0.25, 0.3) is 0 Å². The van der Waals surface area contributed by atoms with Gasteiger partial charge in [-0.2, -0.15) is 0 Å². The zero-order chi connectivity index (χ0) is 23.1. The summed E-state index contributed by atoms with van der Waals surface area (Å²) >= 11 is 0. The second-order valence-electron chi connectivity index (χ2n) is 9.75. The largest absolute Gasteiger partial charge is 0.372 e. The van der Waals surface area contributed by atoms with E-state index in [-0.39, 0.29) is 17.8 Å². The van der Waals surface area contributed by atoms with Gasteiger partial charge in [0.15, 0.2) is 5.58 Å². The van der Waals surface area contributed by atoms with Crippen LogP contribution >= 0.6 is 0 Å². The van der Waals surface area contributed by atoms with E-state index in [0.717, 1.165) is 68.5 Å². The molecule has 178 valence electrons. The first-order chi connectivity index (χ1) is 16.7. The Labute approximate surface area is 198 Å². The van der Waals surface area contributed by atoms with Crippen molar-refractivity contribution in [2.75, 3.05) is 37.7 Å². The maximum Gasteiger partial charge on any atom is 0.227 e. The molecule has 6 rings (SSSR count). The van der Waals surface area contributed by atoms with Gasteiger partial charge in [0.2, 0.25) is 5.91 Å². The smallest absolute Gasteiger partial charge is 0.227 e. The minimum absolute atomic E-state index is 0.00139. The number of carbonyl (C=O) groups is 1. The number of aromatic nitrogens is 1. The van der Waals surface area contributed by atoms with Crippen molar-refractivity contribution in [3.05, 3.63) is 59.0 Å². The maximum atomic E-state index is 13.4. The van der Waals surface area contributed by atoms with E-state index in [1.165, 1.54) is 23.3 Å². The molecule has 1 atom stereocenters. The molecule has 1 amide bonds. The van der Waals surface area contributed by atoms with Gasteiger partial charge in [-0.25, -0.2) is 4.39 Å². The molecule has 34 heavy (non-hydrogen) atoms. The number of ether oxygens (including phenoxy) is 1. The second kappa shape index (κ2) is 9.12. The number of benzene rings is 2. The fourth-order valence-electron chi connectivity index (χ4n) is 5.82. The highest BCUT2D eigenvalue weighted by molar-refractivity contribution is 5.98. The van der Waals surface area contributed by atoms with Crippen LogP contribution in [-0.2, 0) is 16.0 Å². The quantitative estimate of drug-likeness (QED) is 0.463. The van der Waals surface area contributed by atoms with Crippen molar-refractivity contribution in [1.29, 1.82) is 0 Å². The maximum absolute atomic E-state index is 13.4. The molecule has 0 N–H and O–H groups in total. The summed E-state index contributed by atoms with van der Waals surface area (Å²) in [6.07, 6.45) is 5.64. The molecule has 0 spiro atoms. The summed E-state index contributed by atoms with van der Waals surface area (Å²) in [7, 11) is 0. The lowest BCUT2D eigenvalue weighted by molar-refractivity contribution is -0.119. The molecule has 0 bridgehead atoms. The number of unbranched alkanes of at least 4 members (excludes halogenated alkanes) is 1. The lowest BCUT2D eigenvalue weighted by Gasteiger charge is -2.31. The lowest BCUT2D eigenvalue weighted by Crippen LogP contribution is -2.34. The Kier molecular flexibility index (Phi) is 5.83. The van der Waals surface area contributed by atoms with Crippen LogP contribution in [0.4, 0.5) is 10.1 Å². The predicted octanol–water partition coefficient (Wildman–Crippen LogP) is 4.98. The summed E-state index contributed by atoms with van der Waals surface area (Å²) < 4.78 is 25.0. The van der Waals surface area contributed by atoms with Crippen LogP contribution in [-0.4, -0.2) is 48.7 Å². The highest BCUT2D eigenvalue weighted by atomic mass is 19.1. The molecule has 3 aliphatic rings. The predicted molar refractivity (Wildman–Crippen MR) is 127 cm³/mol. The zero-order valence-corrected chi connectivity index (χ0v) is 19.3. The molecular formula is C27H30FN3O3. The number of nitrogens with zero attached hydrogens (tertiary/aromatic N) is 3. The van der Waals surface area contributed by atoms with Crippen LogP contribution in [0.1, 0.15) is 60.9 Å². The molecule has 6 nitrogen and oxygen atoms in total. The number of anilines is 1. The fourth-order valence-corrected chi connectivity index (χ4v) is 5.82. The van der Waals surface area contributed by atoms with Crippen LogP contribution < -0.4 is 4.90 Å². The third kappa shape index (κ3) is 4.01. The second-order valence-corrected chi connectivity index (χ2v) is 9.75. The first-order valence-electron chi connectivity index (χ1n) is 12.5. The molecule has 0 saturated carbocycles. The number of carbonyl (C=O) groups excluding carboxylic acids is 1. The molecule has 0 aliphatic carbocycles. The summed E-state index contributed by atoms with van der Waals surface area (Å²) in [5, 5.41) is 5.19. The van der Waals surface area contributed by atoms with Crippen LogP contribution in [0.2, 0.25) is 0 Å². The van der Waals surface area contributed by atoms with Gasteiger partial charge in [-0.1, -0.05) is 23.4 Å². The molecule has 1 unspecified atom stereocenters. The van der Waals surface area contributed by atoms with Crippen molar-refractivity contribution in [2.45, 2.75) is 50.5 Å². The number of aryl methyl sites for hydroxylation is 1. The molecule has 0 radical (unpaired) electrons. The van der Waals surface area contributed by atoms with Crippen molar-refractivity contribution < 1.29 is 18.4 Å². The summed E-state index contributed by atoms with van der Waals surface area (Å²) in [5.74, 6) is 0.299. The highest BCUT2D eigenvalue weighted by Gasteiger charge is 2.37. The Hall–Kier alpha value is -2.77. The third-order valence-corrected chi connectivity index (χ3v) is 7.65. The number of halogens is 1. The SMILES string of the molecule is O=C1CCc2cccc3c2N1CC3OCCCCN1CCC(c2noc3cc(F)ccc23)CC1. The van der Waals surface area contributed by atoms with Gasteiger partial charge in [0, 0.05) is 36.0 Å². The summed E-state index contributed by atoms with van der Waals surface area (Å²) in [6, 6.07) is 11.0. The van der Waals surface area contributed by atoms with Crippen molar-refractivity contribution in [2.24, 2.45) is 0 Å². The molecule has 4 heterocycles. The molecular weight excluding hydrogens is 433 g/mol. The van der Waals surface area contributed by atoms with Crippen LogP contribution in [0, 0.1) is 5.82 Å². The summed E-state index contributed by atoms with van der Waals surface area (Å²) in [4.78, 5) is 16.8. The number of fused-ring (bicyclic) bond motifs is 1. The van der Waals surface area contributed by atoms with Gasteiger partial charge >= 0.3 is 0 Å². The van der Waals surface area contributed by atoms with Crippen LogP contribution in [0.5, 0.6) is 0 Å². The minimum atomic E-state index is -0.291. The molecule has 7 heteroatoms. The Bertz CT molecular complexity index is 1200. The number of piperidine rings is 1. The fraction of sp³-hybridized carbons (Fsp3) is 0.481. The van der Waals surface area contributed by atoms with Crippen LogP contribution in [0.3, 0.4) is 0 Å². The molecule has 1 aromatic heterocycles. The Morgan fingerprint density at radius 1 is 1.12 bits per heavy atom. The van der Waals surface area contributed by atoms with Crippen molar-refractivity contribution in [1.82, 2.24) is 10.1 Å². The van der Waals surface area contributed by atoms with E-state index < -0.39 is 0 Å². The van der Waals surface area contributed by atoms with Crippen molar-refractivity contribution in [3.8, 4) is 0 Å². The van der Waals surface area contributed by atoms with E-state index in [4.69, 9.17) is 9.26 Å². The van der Waals surface area contributed by atoms with Gasteiger partial charge in [-0.05, 0) is 69.4 Å². The van der Waals surface area contributed by atoms with Gasteiger partial charge in [0.1, 0.15) is 11.9 Å². The lowest BCUT2D eigenvalue weighted by atomic mass is 9.91. The van der Waals surface area contributed by atoms with Gasteiger partial charge in [0.05, 0.1) is 17.9 Å². The molecule has 2 aromatic carbocycles. The van der Waals surface area contributed by atoms with E-state index in [1.807, 2.05) is 4.90 Å². The number of hydrogen-bond donors (Lipinski definition) is 0. The molecule has 1 saturated heterocycles. The van der Waals surface area contributed by atoms with Crippen molar-refractivity contribution >= 4 is 22.6 Å². The van der Waals surface area contributed by atoms with Crippen LogP contribution in [0.15, 0.2) is 40.9 Å². The van der Waals surface area contributed by atoms with Crippen LogP contribution in [0.25, 0.3) is 11.0 Å². The first kappa shape index (κ1) is 21.7. The van der Waals surface area contributed by atoms with E-state index in [0.29, 0.717) is 31.1 Å². The molecule has 3 aliphatic heterocycles. The number of hydrogen-bond acceptors (Lipinski definition) is 5. The first-order valence-corrected chi connectivity index (χ1v) is 12.5. The summed E-state index contributed by atoms with van der Waals surface area (Å²) in [5.41, 5.74) is 5.07. The minimum Gasteiger partial charge on any atom is -0.372 e. The van der Waals surface area contributed by atoms with Gasteiger partial charge < -0.3 is 19.1 Å². The third-order valence-electron chi connectivity index (χ3n) is 7.65. The normalized spacial score (nSPS) is 20.9. The summed E-state index contributed by atoms with van der Waals surface area (Å²) in [6.45, 7) is 4.51. The Morgan fingerprint density at radius 2 is 2.00 bits per heavy atom. The van der Waals surface area contributed by atoms with E-state index in [9.17, 15) is 9.18 Å². The standard InChI is InChI=1S/C27H30FN3O3/c28-20-7-8-21-23(16-20)34-29-26(21)18-10-13-30(14-11-18)12-1-2-15-33-24-17-31-25(32)9-6-19-4-3-5-22(24)27(19)31/h3-5,7-8,16,18,24H,1-2,6,9-15,17H2. The van der Waals surface area contributed by atoms with E-state index in [1.54, 1.807) is 6.07 Å². The number of amides is 1. The number of rotatable bonds is 7. The molecule has 3 aromatic rings. The van der Waals surface area contributed by atoms with Crippen molar-refractivity contribution in [3.63, 3.8) is 0 Å². The Balaban J connectivity index is 0.952. The number of likely N-dealkylation sites (tertiary alicyclic amines) is 1. The monoisotopic (exact) mass is 463 g/mol. The Morgan fingerprint density at radius 3 is 2.88 bits per heavy atom. The molecule has 1 fully saturated rings.